The van der Waals surface area contributed by atoms with Crippen LogP contribution in [-0.2, 0) is 0 Å². The maximum atomic E-state index is 9.48. The molecule has 3 unspecified atom stereocenters. The minimum absolute atomic E-state index is 0.146. The highest BCUT2D eigenvalue weighted by atomic mass is 16.3. The number of hydrogen-bond acceptors (Lipinski definition) is 4. The Morgan fingerprint density at radius 2 is 1.79 bits per heavy atom. The molecule has 1 saturated carbocycles. The third-order valence-electron chi connectivity index (χ3n) is 5.54. The van der Waals surface area contributed by atoms with Crippen LogP contribution in [0.5, 0.6) is 0 Å². The summed E-state index contributed by atoms with van der Waals surface area (Å²) >= 11 is 0. The molecule has 3 atom stereocenters. The van der Waals surface area contributed by atoms with E-state index < -0.39 is 0 Å². The van der Waals surface area contributed by atoms with E-state index in [-0.39, 0.29) is 12.1 Å². The lowest BCUT2D eigenvalue weighted by atomic mass is 9.80. The third kappa shape index (κ3) is 2.97. The van der Waals surface area contributed by atoms with Crippen molar-refractivity contribution in [1.82, 2.24) is 9.80 Å². The highest BCUT2D eigenvalue weighted by molar-refractivity contribution is 4.97. The number of hydrogen-bond donors (Lipinski definition) is 2. The molecule has 0 radical (unpaired) electrons. The van der Waals surface area contributed by atoms with Crippen molar-refractivity contribution in [3.63, 3.8) is 0 Å². The summed E-state index contributed by atoms with van der Waals surface area (Å²) in [7, 11) is 0. The zero-order valence-corrected chi connectivity index (χ0v) is 12.1. The van der Waals surface area contributed by atoms with Gasteiger partial charge in [0.05, 0.1) is 6.61 Å². The third-order valence-corrected chi connectivity index (χ3v) is 5.54. The Balaban J connectivity index is 1.55. The first-order chi connectivity index (χ1) is 9.20. The predicted octanol–water partition coefficient (Wildman–Crippen LogP) is 0.789. The van der Waals surface area contributed by atoms with Crippen molar-refractivity contribution in [3.05, 3.63) is 0 Å². The van der Waals surface area contributed by atoms with E-state index >= 15 is 0 Å². The highest BCUT2D eigenvalue weighted by Gasteiger charge is 2.38. The van der Waals surface area contributed by atoms with Crippen molar-refractivity contribution in [3.8, 4) is 0 Å². The van der Waals surface area contributed by atoms with Crippen LogP contribution in [0, 0.1) is 0 Å². The molecule has 2 aliphatic heterocycles. The summed E-state index contributed by atoms with van der Waals surface area (Å²) in [6.07, 6.45) is 8.51. The highest BCUT2D eigenvalue weighted by Crippen LogP contribution is 2.32. The van der Waals surface area contributed by atoms with Gasteiger partial charge >= 0.3 is 0 Å². The molecule has 4 heteroatoms. The van der Waals surface area contributed by atoms with E-state index in [2.05, 4.69) is 9.80 Å². The largest absolute Gasteiger partial charge is 0.394 e. The van der Waals surface area contributed by atoms with Gasteiger partial charge in [-0.05, 0) is 58.0 Å². The molecule has 2 heterocycles. The molecule has 0 bridgehead atoms. The van der Waals surface area contributed by atoms with Crippen molar-refractivity contribution in [2.24, 2.45) is 5.73 Å². The van der Waals surface area contributed by atoms with Gasteiger partial charge in [-0.2, -0.15) is 0 Å². The summed E-state index contributed by atoms with van der Waals surface area (Å²) in [5.41, 5.74) is 5.98. The molecule has 3 rings (SSSR count). The SMILES string of the molecule is NC1(CO)CCCC(N2CCC(N3CCCC3)C2)C1. The lowest BCUT2D eigenvalue weighted by molar-refractivity contribution is 0.0892. The maximum absolute atomic E-state index is 9.48. The summed E-state index contributed by atoms with van der Waals surface area (Å²) in [6, 6.07) is 1.39. The van der Waals surface area contributed by atoms with E-state index in [1.807, 2.05) is 0 Å². The molecule has 4 nitrogen and oxygen atoms in total. The molecular weight excluding hydrogens is 238 g/mol. The number of rotatable bonds is 3. The second kappa shape index (κ2) is 5.68. The second-order valence-corrected chi connectivity index (χ2v) is 6.95. The molecule has 110 valence electrons. The van der Waals surface area contributed by atoms with Crippen LogP contribution in [0.1, 0.15) is 44.9 Å². The lowest BCUT2D eigenvalue weighted by Crippen LogP contribution is -2.53. The summed E-state index contributed by atoms with van der Waals surface area (Å²) in [4.78, 5) is 5.34. The minimum atomic E-state index is -0.311. The van der Waals surface area contributed by atoms with Crippen LogP contribution in [0.2, 0.25) is 0 Å². The van der Waals surface area contributed by atoms with Gasteiger partial charge in [0, 0.05) is 30.7 Å². The van der Waals surface area contributed by atoms with E-state index in [0.717, 1.165) is 18.9 Å². The number of aliphatic hydroxyl groups excluding tert-OH is 1. The Bertz CT molecular complexity index is 306. The molecule has 3 N–H and O–H groups in total. The average Bonchev–Trinajstić information content (AvgIpc) is 3.09. The Kier molecular flexibility index (Phi) is 4.13. The smallest absolute Gasteiger partial charge is 0.0611 e. The number of nitrogens with two attached hydrogens (primary N) is 1. The molecule has 3 aliphatic rings. The van der Waals surface area contributed by atoms with Crippen LogP contribution < -0.4 is 5.73 Å². The van der Waals surface area contributed by atoms with Crippen molar-refractivity contribution in [1.29, 1.82) is 0 Å². The lowest BCUT2D eigenvalue weighted by Gasteiger charge is -2.40. The summed E-state index contributed by atoms with van der Waals surface area (Å²) in [6.45, 7) is 5.22. The van der Waals surface area contributed by atoms with Crippen LogP contribution in [0.4, 0.5) is 0 Å². The molecular formula is C15H29N3O. The molecule has 0 spiro atoms. The normalized spacial score (nSPS) is 42.0. The first-order valence-corrected chi connectivity index (χ1v) is 8.08. The maximum Gasteiger partial charge on any atom is 0.0611 e. The second-order valence-electron chi connectivity index (χ2n) is 6.95. The predicted molar refractivity (Wildman–Crippen MR) is 77.0 cm³/mol. The summed E-state index contributed by atoms with van der Waals surface area (Å²) in [5, 5.41) is 9.48. The van der Waals surface area contributed by atoms with Crippen molar-refractivity contribution < 1.29 is 5.11 Å². The van der Waals surface area contributed by atoms with E-state index in [9.17, 15) is 5.11 Å². The fraction of sp³-hybridized carbons (Fsp3) is 1.00. The van der Waals surface area contributed by atoms with Gasteiger partial charge in [-0.3, -0.25) is 9.80 Å². The van der Waals surface area contributed by atoms with Gasteiger partial charge in [-0.1, -0.05) is 0 Å². The topological polar surface area (TPSA) is 52.7 Å². The summed E-state index contributed by atoms with van der Waals surface area (Å²) < 4.78 is 0. The average molecular weight is 267 g/mol. The van der Waals surface area contributed by atoms with Crippen molar-refractivity contribution >= 4 is 0 Å². The van der Waals surface area contributed by atoms with Crippen LogP contribution in [0.25, 0.3) is 0 Å². The van der Waals surface area contributed by atoms with Gasteiger partial charge in [0.2, 0.25) is 0 Å². The van der Waals surface area contributed by atoms with Gasteiger partial charge in [0.15, 0.2) is 0 Å². The number of likely N-dealkylation sites (tertiary alicyclic amines) is 2. The van der Waals surface area contributed by atoms with Crippen molar-refractivity contribution in [2.75, 3.05) is 32.8 Å². The van der Waals surface area contributed by atoms with E-state index in [4.69, 9.17) is 5.73 Å². The quantitative estimate of drug-likeness (QED) is 0.794. The monoisotopic (exact) mass is 267 g/mol. The van der Waals surface area contributed by atoms with Crippen LogP contribution >= 0.6 is 0 Å². The Hall–Kier alpha value is -0.160. The molecule has 0 amide bonds. The molecule has 3 fully saturated rings. The van der Waals surface area contributed by atoms with E-state index in [1.165, 1.54) is 58.3 Å². The zero-order valence-electron chi connectivity index (χ0n) is 12.1. The molecule has 2 saturated heterocycles. The van der Waals surface area contributed by atoms with E-state index in [0.29, 0.717) is 6.04 Å². The molecule has 1 aliphatic carbocycles. The Labute approximate surface area is 116 Å². The first kappa shape index (κ1) is 13.8. The van der Waals surface area contributed by atoms with Gasteiger partial charge < -0.3 is 10.8 Å². The molecule has 0 aromatic rings. The minimum Gasteiger partial charge on any atom is -0.394 e. The Morgan fingerprint density at radius 1 is 1.00 bits per heavy atom. The fourth-order valence-corrected chi connectivity index (χ4v) is 4.32. The molecule has 0 aromatic carbocycles. The fourth-order valence-electron chi connectivity index (χ4n) is 4.32. The van der Waals surface area contributed by atoms with Gasteiger partial charge in [-0.25, -0.2) is 0 Å². The van der Waals surface area contributed by atoms with Crippen molar-refractivity contribution in [2.45, 2.75) is 62.6 Å². The van der Waals surface area contributed by atoms with Crippen LogP contribution in [-0.4, -0.2) is 65.3 Å². The van der Waals surface area contributed by atoms with Gasteiger partial charge in [0.25, 0.3) is 0 Å². The zero-order chi connectivity index (χ0) is 13.3. The van der Waals surface area contributed by atoms with Crippen LogP contribution in [0.3, 0.4) is 0 Å². The van der Waals surface area contributed by atoms with E-state index in [1.54, 1.807) is 0 Å². The number of nitrogens with zero attached hydrogens (tertiary/aromatic N) is 2. The molecule has 19 heavy (non-hydrogen) atoms. The first-order valence-electron chi connectivity index (χ1n) is 8.08. The number of aliphatic hydroxyl groups is 1. The molecule has 0 aromatic heterocycles. The van der Waals surface area contributed by atoms with Gasteiger partial charge in [0.1, 0.15) is 0 Å². The summed E-state index contributed by atoms with van der Waals surface area (Å²) in [5.74, 6) is 0. The van der Waals surface area contributed by atoms with Crippen LogP contribution in [0.15, 0.2) is 0 Å². The Morgan fingerprint density at radius 3 is 2.53 bits per heavy atom. The van der Waals surface area contributed by atoms with Gasteiger partial charge in [-0.15, -0.1) is 0 Å². The standard InChI is InChI=1S/C15H29N3O/c16-15(12-19)6-3-4-13(10-15)18-9-5-14(11-18)17-7-1-2-8-17/h13-14,19H,1-12,16H2.